The molecule has 4 aromatic rings. The quantitative estimate of drug-likeness (QED) is 0.433. The van der Waals surface area contributed by atoms with Crippen molar-refractivity contribution in [2.75, 3.05) is 13.1 Å². The maximum absolute atomic E-state index is 12.9. The first-order valence-electron chi connectivity index (χ1n) is 12.8. The van der Waals surface area contributed by atoms with Crippen LogP contribution in [0, 0.1) is 13.8 Å². The second kappa shape index (κ2) is 10.3. The number of amides is 2. The van der Waals surface area contributed by atoms with Crippen LogP contribution in [0.2, 0.25) is 0 Å². The van der Waals surface area contributed by atoms with E-state index in [0.717, 1.165) is 39.1 Å². The predicted octanol–water partition coefficient (Wildman–Crippen LogP) is 4.00. The van der Waals surface area contributed by atoms with Gasteiger partial charge in [0, 0.05) is 48.4 Å². The summed E-state index contributed by atoms with van der Waals surface area (Å²) in [7, 11) is 0. The van der Waals surface area contributed by atoms with Gasteiger partial charge in [0.25, 0.3) is 5.91 Å². The number of carbonyl (C=O) groups excluding carboxylic acids is 2. The molecule has 5 rings (SSSR count). The van der Waals surface area contributed by atoms with Crippen LogP contribution < -0.4 is 5.32 Å². The van der Waals surface area contributed by atoms with Crippen molar-refractivity contribution in [1.29, 1.82) is 0 Å². The standard InChI is InChI=1S/C29H33N5O3/c1-18-16-33(17-19(2)37-18)29(36)23-11-9-22(10-12-23)15-30-27(35)14-13-24-20(3)31-28-25-7-5-6-8-26(25)32-34(28)21(24)4/h5-12,18-19H,13-17H2,1-4H3,(H,30,35). The van der Waals surface area contributed by atoms with Crippen molar-refractivity contribution in [2.24, 2.45) is 0 Å². The number of hydrogen-bond acceptors (Lipinski definition) is 5. The Morgan fingerprint density at radius 1 is 1.03 bits per heavy atom. The molecular weight excluding hydrogens is 466 g/mol. The number of nitrogens with zero attached hydrogens (tertiary/aromatic N) is 4. The SMILES string of the molecule is Cc1nc2c3ccccc3nn2c(C)c1CCC(=O)NCc1ccc(C(=O)N2CC(C)OC(C)C2)cc1. The summed E-state index contributed by atoms with van der Waals surface area (Å²) in [6.45, 7) is 9.60. The summed E-state index contributed by atoms with van der Waals surface area (Å²) < 4.78 is 7.61. The maximum Gasteiger partial charge on any atom is 0.254 e. The molecule has 8 heteroatoms. The zero-order valence-corrected chi connectivity index (χ0v) is 21.8. The largest absolute Gasteiger partial charge is 0.372 e. The molecule has 1 N–H and O–H groups in total. The lowest BCUT2D eigenvalue weighted by Crippen LogP contribution is -2.48. The summed E-state index contributed by atoms with van der Waals surface area (Å²) in [5.41, 5.74) is 6.34. The topological polar surface area (TPSA) is 88.8 Å². The van der Waals surface area contributed by atoms with E-state index in [4.69, 9.17) is 14.8 Å². The Labute approximate surface area is 216 Å². The fourth-order valence-electron chi connectivity index (χ4n) is 5.16. The van der Waals surface area contributed by atoms with Crippen LogP contribution in [-0.4, -0.2) is 56.6 Å². The number of ether oxygens (including phenoxy) is 1. The van der Waals surface area contributed by atoms with E-state index in [1.165, 1.54) is 0 Å². The average Bonchev–Trinajstić information content (AvgIpc) is 3.25. The molecular formula is C29H33N5O3. The zero-order chi connectivity index (χ0) is 26.1. The fraction of sp³-hybridized carbons (Fsp3) is 0.379. The van der Waals surface area contributed by atoms with Gasteiger partial charge in [-0.25, -0.2) is 9.50 Å². The first-order chi connectivity index (χ1) is 17.8. The number of carbonyl (C=O) groups is 2. The second-order valence-corrected chi connectivity index (χ2v) is 9.95. The number of hydrogen-bond donors (Lipinski definition) is 1. The number of morpholine rings is 1. The van der Waals surface area contributed by atoms with Crippen molar-refractivity contribution in [1.82, 2.24) is 24.8 Å². The minimum atomic E-state index is -0.0269. The first-order valence-corrected chi connectivity index (χ1v) is 12.8. The zero-order valence-electron chi connectivity index (χ0n) is 21.8. The minimum absolute atomic E-state index is 0.0129. The Balaban J connectivity index is 1.18. The van der Waals surface area contributed by atoms with Crippen LogP contribution in [0.25, 0.3) is 16.6 Å². The third kappa shape index (κ3) is 5.20. The highest BCUT2D eigenvalue weighted by Gasteiger charge is 2.26. The highest BCUT2D eigenvalue weighted by atomic mass is 16.5. The van der Waals surface area contributed by atoms with Gasteiger partial charge >= 0.3 is 0 Å². The smallest absolute Gasteiger partial charge is 0.254 e. The van der Waals surface area contributed by atoms with E-state index >= 15 is 0 Å². The summed E-state index contributed by atoms with van der Waals surface area (Å²) in [6.07, 6.45) is 1.02. The molecule has 2 aromatic heterocycles. The molecule has 1 fully saturated rings. The van der Waals surface area contributed by atoms with Crippen LogP contribution in [0.3, 0.4) is 0 Å². The van der Waals surface area contributed by atoms with Crippen molar-refractivity contribution < 1.29 is 14.3 Å². The molecule has 1 aliphatic heterocycles. The number of rotatable bonds is 6. The Morgan fingerprint density at radius 2 is 1.73 bits per heavy atom. The number of benzene rings is 2. The van der Waals surface area contributed by atoms with Gasteiger partial charge in [-0.05, 0) is 69.5 Å². The van der Waals surface area contributed by atoms with Gasteiger partial charge in [0.1, 0.15) is 0 Å². The molecule has 1 saturated heterocycles. The van der Waals surface area contributed by atoms with Crippen molar-refractivity contribution >= 4 is 28.4 Å². The Kier molecular flexibility index (Phi) is 6.93. The van der Waals surface area contributed by atoms with E-state index in [-0.39, 0.29) is 24.0 Å². The van der Waals surface area contributed by atoms with E-state index in [0.29, 0.717) is 38.0 Å². The van der Waals surface area contributed by atoms with Crippen LogP contribution in [0.5, 0.6) is 0 Å². The van der Waals surface area contributed by atoms with Crippen molar-refractivity contribution in [3.63, 3.8) is 0 Å². The molecule has 192 valence electrons. The third-order valence-electron chi connectivity index (χ3n) is 7.02. The molecule has 2 atom stereocenters. The number of aryl methyl sites for hydroxylation is 2. The van der Waals surface area contributed by atoms with Crippen LogP contribution >= 0.6 is 0 Å². The number of fused-ring (bicyclic) bond motifs is 3. The second-order valence-electron chi connectivity index (χ2n) is 9.95. The molecule has 2 unspecified atom stereocenters. The van der Waals surface area contributed by atoms with Crippen molar-refractivity contribution in [2.45, 2.75) is 59.3 Å². The van der Waals surface area contributed by atoms with Gasteiger partial charge in [0.2, 0.25) is 5.91 Å². The lowest BCUT2D eigenvalue weighted by atomic mass is 10.1. The number of nitrogens with one attached hydrogen (secondary N) is 1. The molecule has 1 aliphatic rings. The molecule has 3 heterocycles. The monoisotopic (exact) mass is 499 g/mol. The lowest BCUT2D eigenvalue weighted by Gasteiger charge is -2.35. The normalized spacial score (nSPS) is 17.9. The Hall–Kier alpha value is -3.78. The maximum atomic E-state index is 12.9. The summed E-state index contributed by atoms with van der Waals surface area (Å²) in [5.74, 6) is -0.0139. The highest BCUT2D eigenvalue weighted by molar-refractivity contribution is 5.94. The third-order valence-corrected chi connectivity index (χ3v) is 7.02. The number of aromatic nitrogens is 3. The van der Waals surface area contributed by atoms with Gasteiger partial charge in [-0.3, -0.25) is 9.59 Å². The highest BCUT2D eigenvalue weighted by Crippen LogP contribution is 2.23. The summed E-state index contributed by atoms with van der Waals surface area (Å²) in [5, 5.41) is 8.72. The van der Waals surface area contributed by atoms with E-state index < -0.39 is 0 Å². The Morgan fingerprint density at radius 3 is 2.46 bits per heavy atom. The van der Waals surface area contributed by atoms with Gasteiger partial charge in [-0.1, -0.05) is 24.3 Å². The first kappa shape index (κ1) is 24.9. The predicted molar refractivity (Wildman–Crippen MR) is 142 cm³/mol. The summed E-state index contributed by atoms with van der Waals surface area (Å²) in [6, 6.07) is 15.4. The van der Waals surface area contributed by atoms with Gasteiger partial charge in [-0.2, -0.15) is 5.10 Å². The van der Waals surface area contributed by atoms with Crippen LogP contribution in [0.4, 0.5) is 0 Å². The van der Waals surface area contributed by atoms with Crippen LogP contribution in [0.15, 0.2) is 48.5 Å². The van der Waals surface area contributed by atoms with Gasteiger partial charge in [0.15, 0.2) is 5.65 Å². The molecule has 2 aromatic carbocycles. The van der Waals surface area contributed by atoms with E-state index in [1.54, 1.807) is 0 Å². The molecule has 2 amide bonds. The molecule has 37 heavy (non-hydrogen) atoms. The van der Waals surface area contributed by atoms with E-state index in [2.05, 4.69) is 5.32 Å². The molecule has 0 bridgehead atoms. The minimum Gasteiger partial charge on any atom is -0.372 e. The van der Waals surface area contributed by atoms with Crippen molar-refractivity contribution in [3.8, 4) is 0 Å². The average molecular weight is 500 g/mol. The molecule has 8 nitrogen and oxygen atoms in total. The van der Waals surface area contributed by atoms with Crippen molar-refractivity contribution in [3.05, 3.63) is 76.6 Å². The Bertz CT molecular complexity index is 1450. The lowest BCUT2D eigenvalue weighted by molar-refractivity contribution is -0.121. The van der Waals surface area contributed by atoms with Crippen LogP contribution in [-0.2, 0) is 22.5 Å². The fourth-order valence-corrected chi connectivity index (χ4v) is 5.16. The van der Waals surface area contributed by atoms with Gasteiger partial charge in [0.05, 0.1) is 17.7 Å². The summed E-state index contributed by atoms with van der Waals surface area (Å²) >= 11 is 0. The molecule has 0 saturated carbocycles. The van der Waals surface area contributed by atoms with E-state index in [1.807, 2.05) is 85.6 Å². The van der Waals surface area contributed by atoms with E-state index in [9.17, 15) is 9.59 Å². The van der Waals surface area contributed by atoms with Gasteiger partial charge < -0.3 is 15.0 Å². The summed E-state index contributed by atoms with van der Waals surface area (Å²) in [4.78, 5) is 32.1. The van der Waals surface area contributed by atoms with Gasteiger partial charge in [-0.15, -0.1) is 0 Å². The van der Waals surface area contributed by atoms with Crippen LogP contribution in [0.1, 0.15) is 53.1 Å². The molecule has 0 radical (unpaired) electrons. The molecule has 0 spiro atoms. The molecule has 0 aliphatic carbocycles.